The van der Waals surface area contributed by atoms with E-state index < -0.39 is 0 Å². The van der Waals surface area contributed by atoms with Gasteiger partial charge in [0.25, 0.3) is 0 Å². The Balaban J connectivity index is 2.14. The number of hydrogen-bond donors (Lipinski definition) is 0. The molecule has 0 atom stereocenters. The van der Waals surface area contributed by atoms with Crippen LogP contribution in [0, 0.1) is 5.82 Å². The standard InChI is InChI=1S/C20H14FNO/c1-23-14-11-9-13(10-12-14)19-15-5-2-3-8-18(15)22-20-16(19)6-4-7-17(20)21/h2-12H,1H3. The molecule has 4 aromatic rings. The van der Waals surface area contributed by atoms with E-state index in [0.717, 1.165) is 33.2 Å². The van der Waals surface area contributed by atoms with Gasteiger partial charge in [0.15, 0.2) is 0 Å². The maximum Gasteiger partial charge on any atom is 0.149 e. The molecule has 112 valence electrons. The van der Waals surface area contributed by atoms with Gasteiger partial charge < -0.3 is 4.74 Å². The van der Waals surface area contributed by atoms with E-state index in [1.165, 1.54) is 6.07 Å². The number of halogens is 1. The first-order chi connectivity index (χ1) is 11.3. The lowest BCUT2D eigenvalue weighted by Crippen LogP contribution is -1.91. The summed E-state index contributed by atoms with van der Waals surface area (Å²) in [6, 6.07) is 20.7. The van der Waals surface area contributed by atoms with E-state index in [1.807, 2.05) is 54.6 Å². The molecule has 4 rings (SSSR count). The van der Waals surface area contributed by atoms with Gasteiger partial charge in [0.2, 0.25) is 0 Å². The second-order valence-corrected chi connectivity index (χ2v) is 5.37. The predicted molar refractivity (Wildman–Crippen MR) is 91.2 cm³/mol. The minimum Gasteiger partial charge on any atom is -0.497 e. The maximum absolute atomic E-state index is 14.2. The molecule has 23 heavy (non-hydrogen) atoms. The van der Waals surface area contributed by atoms with Crippen molar-refractivity contribution in [3.63, 3.8) is 0 Å². The molecule has 0 saturated heterocycles. The third-order valence-corrected chi connectivity index (χ3v) is 4.04. The van der Waals surface area contributed by atoms with Gasteiger partial charge in [-0.15, -0.1) is 0 Å². The van der Waals surface area contributed by atoms with Crippen LogP contribution in [0.4, 0.5) is 4.39 Å². The molecule has 0 spiro atoms. The van der Waals surface area contributed by atoms with Crippen molar-refractivity contribution in [1.29, 1.82) is 0 Å². The summed E-state index contributed by atoms with van der Waals surface area (Å²) < 4.78 is 19.5. The van der Waals surface area contributed by atoms with Crippen LogP contribution in [-0.4, -0.2) is 12.1 Å². The summed E-state index contributed by atoms with van der Waals surface area (Å²) in [6.45, 7) is 0. The van der Waals surface area contributed by atoms with Gasteiger partial charge in [0.1, 0.15) is 17.1 Å². The first-order valence-corrected chi connectivity index (χ1v) is 7.39. The van der Waals surface area contributed by atoms with Crippen LogP contribution in [0.3, 0.4) is 0 Å². The molecule has 0 aliphatic heterocycles. The molecule has 0 aliphatic carbocycles. The molecular weight excluding hydrogens is 289 g/mol. The van der Waals surface area contributed by atoms with Crippen LogP contribution in [0.5, 0.6) is 5.75 Å². The highest BCUT2D eigenvalue weighted by Crippen LogP contribution is 2.36. The van der Waals surface area contributed by atoms with Crippen molar-refractivity contribution >= 4 is 21.8 Å². The molecule has 1 aromatic heterocycles. The van der Waals surface area contributed by atoms with E-state index in [4.69, 9.17) is 4.74 Å². The highest BCUT2D eigenvalue weighted by Gasteiger charge is 2.13. The summed E-state index contributed by atoms with van der Waals surface area (Å²) in [5.74, 6) is 0.491. The topological polar surface area (TPSA) is 22.1 Å². The third-order valence-electron chi connectivity index (χ3n) is 4.04. The second-order valence-electron chi connectivity index (χ2n) is 5.37. The number of methoxy groups -OCH3 is 1. The number of ether oxygens (including phenoxy) is 1. The Morgan fingerprint density at radius 2 is 1.57 bits per heavy atom. The quantitative estimate of drug-likeness (QED) is 0.475. The van der Waals surface area contributed by atoms with Crippen LogP contribution in [0.25, 0.3) is 32.9 Å². The van der Waals surface area contributed by atoms with Crippen LogP contribution in [0.1, 0.15) is 0 Å². The van der Waals surface area contributed by atoms with Crippen LogP contribution < -0.4 is 4.74 Å². The van der Waals surface area contributed by atoms with Crippen molar-refractivity contribution in [2.45, 2.75) is 0 Å². The summed E-state index contributed by atoms with van der Waals surface area (Å²) in [5.41, 5.74) is 3.20. The zero-order valence-electron chi connectivity index (χ0n) is 12.6. The van der Waals surface area contributed by atoms with Gasteiger partial charge >= 0.3 is 0 Å². The first kappa shape index (κ1) is 13.7. The number of rotatable bonds is 2. The zero-order valence-corrected chi connectivity index (χ0v) is 12.6. The lowest BCUT2D eigenvalue weighted by molar-refractivity contribution is 0.415. The molecule has 3 aromatic carbocycles. The van der Waals surface area contributed by atoms with Crippen LogP contribution in [-0.2, 0) is 0 Å². The van der Waals surface area contributed by atoms with Gasteiger partial charge in [0, 0.05) is 16.3 Å². The fourth-order valence-corrected chi connectivity index (χ4v) is 2.95. The monoisotopic (exact) mass is 303 g/mol. The summed E-state index contributed by atoms with van der Waals surface area (Å²) in [4.78, 5) is 4.50. The van der Waals surface area contributed by atoms with E-state index in [1.54, 1.807) is 13.2 Å². The van der Waals surface area contributed by atoms with Gasteiger partial charge in [-0.05, 0) is 29.8 Å². The molecule has 0 bridgehead atoms. The molecule has 0 fully saturated rings. The molecule has 3 heteroatoms. The van der Waals surface area contributed by atoms with Gasteiger partial charge in [-0.2, -0.15) is 0 Å². The Hall–Kier alpha value is -2.94. The number of hydrogen-bond acceptors (Lipinski definition) is 2. The van der Waals surface area contributed by atoms with E-state index in [2.05, 4.69) is 4.98 Å². The summed E-state index contributed by atoms with van der Waals surface area (Å²) in [6.07, 6.45) is 0. The SMILES string of the molecule is COc1ccc(-c2c3ccccc3nc3c(F)cccc23)cc1. The van der Waals surface area contributed by atoms with Crippen molar-refractivity contribution in [2.75, 3.05) is 7.11 Å². The maximum atomic E-state index is 14.2. The largest absolute Gasteiger partial charge is 0.497 e. The van der Waals surface area contributed by atoms with Gasteiger partial charge in [0.05, 0.1) is 12.6 Å². The summed E-state index contributed by atoms with van der Waals surface area (Å²) in [5, 5.41) is 1.82. The van der Waals surface area contributed by atoms with Gasteiger partial charge in [-0.25, -0.2) is 9.37 Å². The van der Waals surface area contributed by atoms with E-state index >= 15 is 0 Å². The lowest BCUT2D eigenvalue weighted by atomic mass is 9.96. The van der Waals surface area contributed by atoms with Crippen molar-refractivity contribution in [3.05, 3.63) is 72.5 Å². The second kappa shape index (κ2) is 5.36. The van der Waals surface area contributed by atoms with E-state index in [-0.39, 0.29) is 5.82 Å². The molecule has 1 heterocycles. The minimum absolute atomic E-state index is 0.303. The number of para-hydroxylation sites is 2. The highest BCUT2D eigenvalue weighted by molar-refractivity contribution is 6.09. The molecular formula is C20H14FNO. The Kier molecular flexibility index (Phi) is 3.19. The van der Waals surface area contributed by atoms with Crippen LogP contribution >= 0.6 is 0 Å². The molecule has 0 aliphatic rings. The smallest absolute Gasteiger partial charge is 0.149 e. The average molecular weight is 303 g/mol. The van der Waals surface area contributed by atoms with Crippen LogP contribution in [0.2, 0.25) is 0 Å². The van der Waals surface area contributed by atoms with Gasteiger partial charge in [-0.1, -0.05) is 42.5 Å². The summed E-state index contributed by atoms with van der Waals surface area (Å²) in [7, 11) is 1.64. The minimum atomic E-state index is -0.303. The number of pyridine rings is 1. The Morgan fingerprint density at radius 1 is 0.826 bits per heavy atom. The van der Waals surface area contributed by atoms with Crippen molar-refractivity contribution in [1.82, 2.24) is 4.98 Å². The Bertz CT molecular complexity index is 1010. The molecule has 0 radical (unpaired) electrons. The highest BCUT2D eigenvalue weighted by atomic mass is 19.1. The third kappa shape index (κ3) is 2.21. The van der Waals surface area contributed by atoms with Crippen molar-refractivity contribution in [2.24, 2.45) is 0 Å². The average Bonchev–Trinajstić information content (AvgIpc) is 2.61. The molecule has 0 amide bonds. The number of benzene rings is 3. The fourth-order valence-electron chi connectivity index (χ4n) is 2.95. The fraction of sp³-hybridized carbons (Fsp3) is 0.0500. The zero-order chi connectivity index (χ0) is 15.8. The molecule has 0 saturated carbocycles. The van der Waals surface area contributed by atoms with Crippen molar-refractivity contribution < 1.29 is 9.13 Å². The normalized spacial score (nSPS) is 11.0. The molecule has 0 unspecified atom stereocenters. The Morgan fingerprint density at radius 3 is 2.35 bits per heavy atom. The molecule has 2 nitrogen and oxygen atoms in total. The number of nitrogens with zero attached hydrogens (tertiary/aromatic N) is 1. The molecule has 0 N–H and O–H groups in total. The van der Waals surface area contributed by atoms with Gasteiger partial charge in [-0.3, -0.25) is 0 Å². The number of aromatic nitrogens is 1. The predicted octanol–water partition coefficient (Wildman–Crippen LogP) is 5.20. The Labute approximate surface area is 133 Å². The first-order valence-electron chi connectivity index (χ1n) is 7.39. The lowest BCUT2D eigenvalue weighted by Gasteiger charge is -2.12. The van der Waals surface area contributed by atoms with Crippen LogP contribution in [0.15, 0.2) is 66.7 Å². The number of fused-ring (bicyclic) bond motifs is 2. The van der Waals surface area contributed by atoms with E-state index in [9.17, 15) is 4.39 Å². The van der Waals surface area contributed by atoms with E-state index in [0.29, 0.717) is 5.52 Å². The van der Waals surface area contributed by atoms with Crippen molar-refractivity contribution in [3.8, 4) is 16.9 Å². The summed E-state index contributed by atoms with van der Waals surface area (Å²) >= 11 is 0.